The minimum absolute atomic E-state index is 0.124. The van der Waals surface area contributed by atoms with Gasteiger partial charge in [-0.05, 0) is 29.3 Å². The van der Waals surface area contributed by atoms with Crippen molar-refractivity contribution < 1.29 is 5.11 Å². The van der Waals surface area contributed by atoms with Gasteiger partial charge in [0.05, 0.1) is 16.1 Å². The predicted octanol–water partition coefficient (Wildman–Crippen LogP) is 2.46. The first-order chi connectivity index (χ1) is 13.2. The number of aromatic nitrogens is 2. The van der Waals surface area contributed by atoms with Crippen LogP contribution in [-0.4, -0.2) is 14.5 Å². The van der Waals surface area contributed by atoms with Crippen molar-refractivity contribution in [3.05, 3.63) is 105 Å². The van der Waals surface area contributed by atoms with E-state index in [-0.39, 0.29) is 11.3 Å². The second-order valence-corrected chi connectivity index (χ2v) is 6.58. The van der Waals surface area contributed by atoms with E-state index in [0.717, 1.165) is 22.7 Å². The fraction of sp³-hybridized carbons (Fsp3) is 0.0435. The van der Waals surface area contributed by atoms with Crippen LogP contribution in [0.25, 0.3) is 28.4 Å². The largest absolute Gasteiger partial charge is 0.507 e. The van der Waals surface area contributed by atoms with Crippen molar-refractivity contribution in [3.8, 4) is 0 Å². The molecular weight excluding hydrogens is 336 g/mol. The molecule has 4 nitrogen and oxygen atoms in total. The van der Waals surface area contributed by atoms with Gasteiger partial charge in [0.2, 0.25) is 0 Å². The van der Waals surface area contributed by atoms with Gasteiger partial charge in [0.15, 0.2) is 5.65 Å². The normalized spacial score (nSPS) is 14.1. The average Bonchev–Trinajstić information content (AvgIpc) is 2.73. The van der Waals surface area contributed by atoms with E-state index in [0.29, 0.717) is 21.8 Å². The Morgan fingerprint density at radius 1 is 1.04 bits per heavy atom. The van der Waals surface area contributed by atoms with Crippen LogP contribution < -0.4 is 16.0 Å². The topological polar surface area (TPSA) is 54.6 Å². The number of aliphatic hydroxyl groups is 1. The summed E-state index contributed by atoms with van der Waals surface area (Å²) in [7, 11) is 0. The van der Waals surface area contributed by atoms with E-state index in [1.807, 2.05) is 71.3 Å². The molecule has 130 valence electrons. The molecule has 1 aliphatic carbocycles. The molecule has 0 unspecified atom stereocenters. The Kier molecular flexibility index (Phi) is 3.44. The van der Waals surface area contributed by atoms with E-state index in [1.54, 1.807) is 6.07 Å². The van der Waals surface area contributed by atoms with E-state index in [1.165, 1.54) is 0 Å². The molecular formula is C23H16N2O2. The fourth-order valence-electron chi connectivity index (χ4n) is 3.69. The van der Waals surface area contributed by atoms with Crippen LogP contribution in [0.1, 0.15) is 11.1 Å². The summed E-state index contributed by atoms with van der Waals surface area (Å²) >= 11 is 0. The van der Waals surface area contributed by atoms with Crippen LogP contribution in [0.15, 0.2) is 77.7 Å². The summed E-state index contributed by atoms with van der Waals surface area (Å²) in [6, 6.07) is 16.8. The van der Waals surface area contributed by atoms with Gasteiger partial charge in [0.1, 0.15) is 5.76 Å². The first-order valence-corrected chi connectivity index (χ1v) is 8.82. The summed E-state index contributed by atoms with van der Waals surface area (Å²) in [5, 5.41) is 13.2. The Labute approximate surface area is 154 Å². The molecule has 0 saturated carbocycles. The lowest BCUT2D eigenvalue weighted by Gasteiger charge is -2.13. The molecule has 0 amide bonds. The molecule has 0 aliphatic heterocycles. The zero-order chi connectivity index (χ0) is 18.4. The monoisotopic (exact) mass is 352 g/mol. The van der Waals surface area contributed by atoms with Crippen molar-refractivity contribution in [2.75, 3.05) is 0 Å². The highest BCUT2D eigenvalue weighted by Gasteiger charge is 2.13. The Hall–Kier alpha value is -3.66. The third-order valence-corrected chi connectivity index (χ3v) is 4.97. The van der Waals surface area contributed by atoms with Gasteiger partial charge >= 0.3 is 0 Å². The van der Waals surface area contributed by atoms with E-state index in [9.17, 15) is 9.90 Å². The minimum Gasteiger partial charge on any atom is -0.507 e. The molecule has 4 aromatic rings. The van der Waals surface area contributed by atoms with Crippen molar-refractivity contribution >= 4 is 28.4 Å². The highest BCUT2D eigenvalue weighted by molar-refractivity contribution is 5.81. The molecule has 2 heterocycles. The highest BCUT2D eigenvalue weighted by Crippen LogP contribution is 2.13. The Morgan fingerprint density at radius 3 is 2.67 bits per heavy atom. The van der Waals surface area contributed by atoms with Crippen molar-refractivity contribution in [2.24, 2.45) is 0 Å². The van der Waals surface area contributed by atoms with E-state index >= 15 is 0 Å². The lowest BCUT2D eigenvalue weighted by Crippen LogP contribution is -2.36. The standard InChI is InChI=1S/C23H16N2O2/c26-21(15-8-2-1-3-9-15)20-17-11-5-4-10-16(17)14-25-19-13-7-6-12-18(19)23(27)24-22(20)25/h1-9,11-14,26H,10H2/b21-20+. The second-order valence-electron chi connectivity index (χ2n) is 6.58. The number of fused-ring (bicyclic) bond motifs is 4. The first kappa shape index (κ1) is 15.6. The molecule has 2 aromatic carbocycles. The molecule has 0 bridgehead atoms. The first-order valence-electron chi connectivity index (χ1n) is 8.82. The maximum atomic E-state index is 12.6. The zero-order valence-corrected chi connectivity index (χ0v) is 14.5. The number of nitrogens with zero attached hydrogens (tertiary/aromatic N) is 2. The number of pyridine rings is 1. The molecule has 0 atom stereocenters. The summed E-state index contributed by atoms with van der Waals surface area (Å²) in [6.07, 6.45) is 8.79. The van der Waals surface area contributed by atoms with Gasteiger partial charge in [0, 0.05) is 11.8 Å². The molecule has 0 saturated heterocycles. The van der Waals surface area contributed by atoms with E-state index in [2.05, 4.69) is 11.1 Å². The zero-order valence-electron chi connectivity index (χ0n) is 14.5. The molecule has 5 rings (SSSR count). The number of aliphatic hydroxyl groups excluding tert-OH is 1. The highest BCUT2D eigenvalue weighted by atomic mass is 16.3. The number of hydrogen-bond donors (Lipinski definition) is 1. The van der Waals surface area contributed by atoms with Crippen molar-refractivity contribution in [1.82, 2.24) is 9.38 Å². The number of allylic oxidation sites excluding steroid dienone is 2. The lowest BCUT2D eigenvalue weighted by atomic mass is 10.0. The number of hydrogen-bond acceptors (Lipinski definition) is 3. The van der Waals surface area contributed by atoms with E-state index in [4.69, 9.17) is 0 Å². The van der Waals surface area contributed by atoms with Gasteiger partial charge in [0.25, 0.3) is 5.56 Å². The van der Waals surface area contributed by atoms with Crippen LogP contribution in [0, 0.1) is 0 Å². The van der Waals surface area contributed by atoms with E-state index < -0.39 is 0 Å². The molecule has 1 aliphatic rings. The van der Waals surface area contributed by atoms with Crippen LogP contribution in [0.2, 0.25) is 0 Å². The molecule has 0 fully saturated rings. The molecule has 27 heavy (non-hydrogen) atoms. The van der Waals surface area contributed by atoms with Crippen molar-refractivity contribution in [2.45, 2.75) is 6.42 Å². The maximum Gasteiger partial charge on any atom is 0.281 e. The third-order valence-electron chi connectivity index (χ3n) is 4.97. The van der Waals surface area contributed by atoms with Crippen molar-refractivity contribution in [3.63, 3.8) is 0 Å². The quantitative estimate of drug-likeness (QED) is 0.536. The van der Waals surface area contributed by atoms with Crippen LogP contribution in [0.4, 0.5) is 0 Å². The summed E-state index contributed by atoms with van der Waals surface area (Å²) in [5.74, 6) is 0.124. The fourth-order valence-corrected chi connectivity index (χ4v) is 3.69. The van der Waals surface area contributed by atoms with Crippen LogP contribution in [-0.2, 0) is 6.42 Å². The van der Waals surface area contributed by atoms with Gasteiger partial charge in [-0.1, -0.05) is 60.7 Å². The Balaban J connectivity index is 2.10. The van der Waals surface area contributed by atoms with Gasteiger partial charge < -0.3 is 5.11 Å². The lowest BCUT2D eigenvalue weighted by molar-refractivity contribution is 0.507. The summed E-state index contributed by atoms with van der Waals surface area (Å²) < 4.78 is 1.91. The molecule has 0 spiro atoms. The van der Waals surface area contributed by atoms with Crippen LogP contribution in [0.3, 0.4) is 0 Å². The van der Waals surface area contributed by atoms with Crippen molar-refractivity contribution in [1.29, 1.82) is 0 Å². The number of rotatable bonds is 1. The third kappa shape index (κ3) is 2.38. The van der Waals surface area contributed by atoms with Gasteiger partial charge in [-0.2, -0.15) is 4.98 Å². The number of para-hydroxylation sites is 1. The second kappa shape index (κ2) is 5.95. The Bertz CT molecular complexity index is 1410. The SMILES string of the molecule is O=c1nc2/c(=C(/O)c3ccccc3)c3c(cn2c2ccccc12)CC=CC=3. The molecule has 2 aromatic heterocycles. The molecule has 0 radical (unpaired) electrons. The van der Waals surface area contributed by atoms with Gasteiger partial charge in [-0.25, -0.2) is 0 Å². The van der Waals surface area contributed by atoms with Crippen LogP contribution >= 0.6 is 0 Å². The summed E-state index contributed by atoms with van der Waals surface area (Å²) in [6.45, 7) is 0. The minimum atomic E-state index is -0.293. The van der Waals surface area contributed by atoms with Gasteiger partial charge in [-0.3, -0.25) is 9.20 Å². The average molecular weight is 352 g/mol. The molecule has 1 N–H and O–H groups in total. The number of benzene rings is 2. The molecule has 4 heteroatoms. The van der Waals surface area contributed by atoms with Crippen LogP contribution in [0.5, 0.6) is 0 Å². The maximum absolute atomic E-state index is 12.6. The summed E-state index contributed by atoms with van der Waals surface area (Å²) in [4.78, 5) is 17.0. The Morgan fingerprint density at radius 2 is 1.81 bits per heavy atom. The smallest absolute Gasteiger partial charge is 0.281 e. The van der Waals surface area contributed by atoms with Gasteiger partial charge in [-0.15, -0.1) is 0 Å². The predicted molar refractivity (Wildman–Crippen MR) is 107 cm³/mol. The summed E-state index contributed by atoms with van der Waals surface area (Å²) in [5.41, 5.74) is 2.73.